The van der Waals surface area contributed by atoms with Crippen molar-refractivity contribution in [2.75, 3.05) is 74.5 Å². The van der Waals surface area contributed by atoms with Gasteiger partial charge in [0.2, 0.25) is 5.91 Å². The Kier molecular flexibility index (Phi) is 10.5. The lowest BCUT2D eigenvalue weighted by atomic mass is 9.94. The summed E-state index contributed by atoms with van der Waals surface area (Å²) in [6.45, 7) is 6.70. The zero-order chi connectivity index (χ0) is 41.6. The second kappa shape index (κ2) is 16.4. The predicted molar refractivity (Wildman–Crippen MR) is 231 cm³/mol. The fourth-order valence-corrected chi connectivity index (χ4v) is 9.72. The molecule has 10 rings (SSSR count). The van der Waals surface area contributed by atoms with Gasteiger partial charge in [0.15, 0.2) is 5.82 Å². The molecule has 1 saturated carbocycles. The van der Waals surface area contributed by atoms with E-state index in [-0.39, 0.29) is 29.7 Å². The first-order chi connectivity index (χ1) is 29.8. The maximum Gasteiger partial charge on any atom is 0.328 e. The largest absolute Gasteiger partial charge is 0.507 e. The molecular formula is C46H52N10O5. The van der Waals surface area contributed by atoms with Gasteiger partial charge in [-0.1, -0.05) is 24.3 Å². The van der Waals surface area contributed by atoms with E-state index < -0.39 is 0 Å². The summed E-state index contributed by atoms with van der Waals surface area (Å²) in [5.41, 5.74) is 12.9. The number of benzene rings is 2. The first-order valence-electron chi connectivity index (χ1n) is 21.8. The summed E-state index contributed by atoms with van der Waals surface area (Å²) in [5.74, 6) is 1.39. The van der Waals surface area contributed by atoms with Gasteiger partial charge in [-0.05, 0) is 97.9 Å². The van der Waals surface area contributed by atoms with Crippen LogP contribution in [0.4, 0.5) is 22.0 Å². The number of pyridine rings is 1. The first kappa shape index (κ1) is 39.1. The van der Waals surface area contributed by atoms with Crippen molar-refractivity contribution >= 4 is 46.1 Å². The molecule has 4 amide bonds. The number of hydrogen-bond acceptors (Lipinski definition) is 11. The van der Waals surface area contributed by atoms with Gasteiger partial charge in [-0.25, -0.2) is 9.78 Å². The third kappa shape index (κ3) is 7.99. The highest BCUT2D eigenvalue weighted by molar-refractivity contribution is 6.06. The Bertz CT molecular complexity index is 2450. The Balaban J connectivity index is 0.713. The number of piperidine rings is 2. The molecule has 61 heavy (non-hydrogen) atoms. The number of carbonyl (C=O) groups is 3. The molecular weight excluding hydrogens is 773 g/mol. The number of hydrogen-bond donors (Lipinski definition) is 3. The van der Waals surface area contributed by atoms with Gasteiger partial charge in [0.25, 0.3) is 5.91 Å². The standard InChI is InChI=1S/C46H52N10O5/c47-43-39(24-38(50-51-43)35-3-1-2-4-40(35)57)54-21-22-61-41(28-54)31-7-9-32(10-8-31)45(59)53-18-11-29(12-19-53)26-52-16-13-33(14-17-52)56-27-37(30-5-6-30)36-23-34(25-48-44(36)56)55-20-15-42(58)49-46(55)60/h1-4,7-10,23-25,27,29-30,33,41,57H,5-6,11-22,26,28H2,(H2,47,51)(H,49,58,60)/t41-/m0/s1. The topological polar surface area (TPSA) is 175 Å². The highest BCUT2D eigenvalue weighted by Gasteiger charge is 2.33. The number of imide groups is 1. The van der Waals surface area contributed by atoms with Gasteiger partial charge in [-0.3, -0.25) is 19.8 Å². The van der Waals surface area contributed by atoms with Crippen LogP contribution < -0.4 is 20.9 Å². The molecule has 316 valence electrons. The Morgan fingerprint density at radius 3 is 2.44 bits per heavy atom. The number of aromatic nitrogens is 4. The summed E-state index contributed by atoms with van der Waals surface area (Å²) in [6, 6.07) is 18.8. The molecule has 4 N–H and O–H groups in total. The SMILES string of the molecule is Nc1nnc(-c2ccccc2O)cc1N1CCO[C@H](c2ccc(C(=O)N3CCC(CN4CCC(n5cc(C6CC6)c6cc(N7CCC(=O)NC7=O)cnc65)CC4)CC3)cc2)C1. The Morgan fingerprint density at radius 1 is 0.902 bits per heavy atom. The third-order valence-electron chi connectivity index (χ3n) is 13.4. The molecule has 7 heterocycles. The van der Waals surface area contributed by atoms with Crippen molar-refractivity contribution in [3.8, 4) is 17.0 Å². The van der Waals surface area contributed by atoms with Crippen LogP contribution in [-0.4, -0.2) is 111 Å². The van der Waals surface area contributed by atoms with Gasteiger partial charge in [0, 0.05) is 87.5 Å². The molecule has 5 aliphatic rings. The van der Waals surface area contributed by atoms with Gasteiger partial charge < -0.3 is 34.8 Å². The van der Waals surface area contributed by atoms with Crippen molar-refractivity contribution in [2.45, 2.75) is 63.0 Å². The molecule has 1 atom stereocenters. The van der Waals surface area contributed by atoms with Crippen LogP contribution in [0.1, 0.15) is 84.5 Å². The molecule has 1 aliphatic carbocycles. The highest BCUT2D eigenvalue weighted by atomic mass is 16.5. The van der Waals surface area contributed by atoms with Crippen molar-refractivity contribution in [3.63, 3.8) is 0 Å². The Labute approximate surface area is 354 Å². The van der Waals surface area contributed by atoms with E-state index in [9.17, 15) is 19.5 Å². The summed E-state index contributed by atoms with van der Waals surface area (Å²) in [7, 11) is 0. The monoisotopic (exact) mass is 824 g/mol. The molecule has 5 fully saturated rings. The number of phenolic OH excluding ortho intramolecular Hbond substituents is 1. The van der Waals surface area contributed by atoms with E-state index in [0.29, 0.717) is 73.2 Å². The molecule has 4 saturated heterocycles. The van der Waals surface area contributed by atoms with Crippen molar-refractivity contribution < 1.29 is 24.2 Å². The number of fused-ring (bicyclic) bond motifs is 1. The zero-order valence-corrected chi connectivity index (χ0v) is 34.3. The maximum absolute atomic E-state index is 13.7. The second-order valence-electron chi connectivity index (χ2n) is 17.3. The minimum absolute atomic E-state index is 0.0730. The van der Waals surface area contributed by atoms with Gasteiger partial charge >= 0.3 is 6.03 Å². The van der Waals surface area contributed by atoms with Gasteiger partial charge in [-0.15, -0.1) is 10.2 Å². The fraction of sp³-hybridized carbons (Fsp3) is 0.435. The number of anilines is 3. The van der Waals surface area contributed by atoms with Crippen LogP contribution >= 0.6 is 0 Å². The smallest absolute Gasteiger partial charge is 0.328 e. The average Bonchev–Trinajstić information content (AvgIpc) is 4.07. The molecule has 15 heteroatoms. The molecule has 15 nitrogen and oxygen atoms in total. The molecule has 3 aromatic heterocycles. The number of para-hydroxylation sites is 1. The van der Waals surface area contributed by atoms with E-state index in [0.717, 1.165) is 86.4 Å². The number of nitrogens with two attached hydrogens (primary N) is 1. The van der Waals surface area contributed by atoms with Crippen molar-refractivity contribution in [1.82, 2.24) is 34.9 Å². The van der Waals surface area contributed by atoms with Crippen molar-refractivity contribution in [2.24, 2.45) is 5.92 Å². The quantitative estimate of drug-likeness (QED) is 0.162. The minimum atomic E-state index is -0.380. The molecule has 0 bridgehead atoms. The fourth-order valence-electron chi connectivity index (χ4n) is 9.72. The number of aromatic hydroxyl groups is 1. The number of nitrogen functional groups attached to an aromatic ring is 1. The summed E-state index contributed by atoms with van der Waals surface area (Å²) in [6.07, 6.45) is 10.7. The predicted octanol–water partition coefficient (Wildman–Crippen LogP) is 5.87. The van der Waals surface area contributed by atoms with Crippen molar-refractivity contribution in [1.29, 1.82) is 0 Å². The second-order valence-corrected chi connectivity index (χ2v) is 17.3. The third-order valence-corrected chi connectivity index (χ3v) is 13.4. The van der Waals surface area contributed by atoms with Gasteiger partial charge in [-0.2, -0.15) is 0 Å². The minimum Gasteiger partial charge on any atom is -0.507 e. The lowest BCUT2D eigenvalue weighted by molar-refractivity contribution is -0.120. The number of morpholine rings is 1. The van der Waals surface area contributed by atoms with Gasteiger partial charge in [0.1, 0.15) is 17.5 Å². The van der Waals surface area contributed by atoms with E-state index in [1.165, 1.54) is 18.4 Å². The molecule has 2 aromatic carbocycles. The van der Waals surface area contributed by atoms with Crippen LogP contribution in [0, 0.1) is 5.92 Å². The van der Waals surface area contributed by atoms with Crippen LogP contribution in [0.3, 0.4) is 0 Å². The van der Waals surface area contributed by atoms with Crippen LogP contribution in [0.5, 0.6) is 5.75 Å². The van der Waals surface area contributed by atoms with Crippen molar-refractivity contribution in [3.05, 3.63) is 89.7 Å². The highest BCUT2D eigenvalue weighted by Crippen LogP contribution is 2.45. The molecule has 5 aromatic rings. The van der Waals surface area contributed by atoms with Crippen LogP contribution in [0.15, 0.2) is 73.1 Å². The molecule has 4 aliphatic heterocycles. The number of urea groups is 1. The average molecular weight is 825 g/mol. The normalized spacial score (nSPS) is 21.0. The Morgan fingerprint density at radius 2 is 1.69 bits per heavy atom. The van der Waals surface area contributed by atoms with Crippen LogP contribution in [0.2, 0.25) is 0 Å². The van der Waals surface area contributed by atoms with E-state index >= 15 is 0 Å². The summed E-state index contributed by atoms with van der Waals surface area (Å²) < 4.78 is 8.58. The maximum atomic E-state index is 13.7. The Hall–Kier alpha value is -6.06. The van der Waals surface area contributed by atoms with Gasteiger partial charge in [0.05, 0.1) is 29.9 Å². The molecule has 0 spiro atoms. The number of ether oxygens (including phenoxy) is 1. The number of nitrogens with zero attached hydrogens (tertiary/aromatic N) is 8. The van der Waals surface area contributed by atoms with E-state index in [1.807, 2.05) is 41.3 Å². The number of rotatable bonds is 9. The van der Waals surface area contributed by atoms with E-state index in [2.05, 4.69) is 42.1 Å². The van der Waals surface area contributed by atoms with E-state index in [1.54, 1.807) is 29.3 Å². The summed E-state index contributed by atoms with van der Waals surface area (Å²) >= 11 is 0. The van der Waals surface area contributed by atoms with Crippen LogP contribution in [-0.2, 0) is 9.53 Å². The first-order valence-corrected chi connectivity index (χ1v) is 21.8. The summed E-state index contributed by atoms with van der Waals surface area (Å²) in [5, 5.41) is 22.4. The number of carbonyl (C=O) groups excluding carboxylic acids is 3. The number of likely N-dealkylation sites (tertiary alicyclic amines) is 2. The molecule has 0 unspecified atom stereocenters. The lowest BCUT2D eigenvalue weighted by Crippen LogP contribution is -2.49. The zero-order valence-electron chi connectivity index (χ0n) is 34.3. The summed E-state index contributed by atoms with van der Waals surface area (Å²) in [4.78, 5) is 51.2. The number of amides is 4. The number of nitrogens with one attached hydrogen (secondary N) is 1. The molecule has 0 radical (unpaired) electrons. The van der Waals surface area contributed by atoms with Crippen LogP contribution in [0.25, 0.3) is 22.3 Å². The number of phenols is 1. The lowest BCUT2D eigenvalue weighted by Gasteiger charge is -2.38. The van der Waals surface area contributed by atoms with E-state index in [4.69, 9.17) is 15.5 Å².